The van der Waals surface area contributed by atoms with Crippen molar-refractivity contribution in [3.05, 3.63) is 34.5 Å². The molecule has 4 nitrogen and oxygen atoms in total. The molecule has 0 bridgehead atoms. The molecule has 0 unspecified atom stereocenters. The maximum atomic E-state index is 12.3. The first-order valence-electron chi connectivity index (χ1n) is 6.21. The second kappa shape index (κ2) is 5.72. The maximum Gasteiger partial charge on any atom is 0.416 e. The molecule has 2 heterocycles. The van der Waals surface area contributed by atoms with Crippen LogP contribution in [0.25, 0.3) is 20.2 Å². The number of carbonyl (C=O) groups excluding carboxylic acids is 1. The monoisotopic (exact) mass is 341 g/mol. The highest BCUT2D eigenvalue weighted by atomic mass is 32.1. The van der Waals surface area contributed by atoms with Crippen LogP contribution in [0.5, 0.6) is 0 Å². The second-order valence-corrected chi connectivity index (χ2v) is 8.86. The van der Waals surface area contributed by atoms with Crippen molar-refractivity contribution >= 4 is 56.6 Å². The van der Waals surface area contributed by atoms with Gasteiger partial charge in [-0.3, -0.25) is 4.79 Å². The zero-order valence-corrected chi connectivity index (χ0v) is 14.1. The largest absolute Gasteiger partial charge is 0.416 e. The van der Waals surface area contributed by atoms with E-state index in [9.17, 15) is 9.69 Å². The van der Waals surface area contributed by atoms with Crippen molar-refractivity contribution in [1.29, 1.82) is 0 Å². The number of carbonyl (C=O) groups is 1. The Morgan fingerprint density at radius 3 is 2.62 bits per heavy atom. The molecule has 0 saturated carbocycles. The quantitative estimate of drug-likeness (QED) is 0.554. The molecule has 0 saturated heterocycles. The normalized spacial score (nSPS) is 12.3. The molecule has 0 spiro atoms. The summed E-state index contributed by atoms with van der Waals surface area (Å²) in [6.07, 6.45) is -0.125. The van der Waals surface area contributed by atoms with Crippen LogP contribution in [0.2, 0.25) is 0 Å². The summed E-state index contributed by atoms with van der Waals surface area (Å²) < 4.78 is 12.2. The molecule has 21 heavy (non-hydrogen) atoms. The van der Waals surface area contributed by atoms with Gasteiger partial charge in [0.25, 0.3) is 0 Å². The van der Waals surface area contributed by atoms with Crippen LogP contribution in [0.4, 0.5) is 0 Å². The van der Waals surface area contributed by atoms with Crippen LogP contribution in [0.15, 0.2) is 29.6 Å². The predicted molar refractivity (Wildman–Crippen MR) is 89.6 cm³/mol. The molecule has 0 radical (unpaired) electrons. The van der Waals surface area contributed by atoms with Crippen molar-refractivity contribution in [2.45, 2.75) is 0 Å². The highest BCUT2D eigenvalue weighted by molar-refractivity contribution is 7.61. The first-order chi connectivity index (χ1) is 10.1. The van der Waals surface area contributed by atoms with Gasteiger partial charge in [-0.05, 0) is 29.6 Å². The summed E-state index contributed by atoms with van der Waals surface area (Å²) in [5.41, 5.74) is 0. The van der Waals surface area contributed by atoms with Gasteiger partial charge < -0.3 is 0 Å². The predicted octanol–water partition coefficient (Wildman–Crippen LogP) is 4.35. The van der Waals surface area contributed by atoms with E-state index in [0.717, 1.165) is 15.5 Å². The molecule has 110 valence electrons. The lowest BCUT2D eigenvalue weighted by atomic mass is 10.2. The second-order valence-electron chi connectivity index (χ2n) is 4.50. The van der Waals surface area contributed by atoms with Gasteiger partial charge in [0, 0.05) is 20.2 Å². The number of benzene rings is 1. The zero-order valence-electron chi connectivity index (χ0n) is 11.5. The first-order valence-corrected chi connectivity index (χ1v) is 9.67. The molecular formula is C14H14O4PS2+. The number of thiophene rings is 2. The highest BCUT2D eigenvalue weighted by Gasteiger charge is 2.41. The fraction of sp³-hybridized carbons (Fsp3) is 0.214. The van der Waals surface area contributed by atoms with E-state index in [1.165, 1.54) is 30.3 Å². The van der Waals surface area contributed by atoms with Crippen molar-refractivity contribution in [1.82, 2.24) is 0 Å². The number of fused-ring (bicyclic) bond motifs is 3. The van der Waals surface area contributed by atoms with Gasteiger partial charge in [-0.2, -0.15) is 13.9 Å². The summed E-state index contributed by atoms with van der Waals surface area (Å²) in [6.45, 7) is 0. The molecular weight excluding hydrogens is 327 g/mol. The van der Waals surface area contributed by atoms with Crippen LogP contribution in [0.3, 0.4) is 0 Å². The average molecular weight is 341 g/mol. The van der Waals surface area contributed by atoms with Gasteiger partial charge in [-0.25, -0.2) is 0 Å². The Balaban J connectivity index is 1.99. The van der Waals surface area contributed by atoms with Gasteiger partial charge in [0.05, 0.1) is 19.1 Å². The Kier molecular flexibility index (Phi) is 4.10. The van der Waals surface area contributed by atoms with E-state index in [0.29, 0.717) is 4.88 Å². The minimum absolute atomic E-state index is 0.125. The van der Waals surface area contributed by atoms with Gasteiger partial charge >= 0.3 is 7.94 Å². The standard InChI is InChI=1S/C14H14O4PS2/c1-17-19(16,18-2)8-11(15)14-7-10-9-5-6-20-12(9)3-4-13(10)21-14/h3-7,16H,8H2,1-2H3/q+1. The number of hydrogen-bond donors (Lipinski definition) is 1. The number of hydrogen-bond acceptors (Lipinski definition) is 6. The summed E-state index contributed by atoms with van der Waals surface area (Å²) >= 11 is 3.12. The fourth-order valence-electron chi connectivity index (χ4n) is 2.16. The van der Waals surface area contributed by atoms with Crippen LogP contribution in [-0.4, -0.2) is 31.1 Å². The van der Waals surface area contributed by atoms with Crippen molar-refractivity contribution in [2.24, 2.45) is 0 Å². The molecule has 0 amide bonds. The van der Waals surface area contributed by atoms with Gasteiger partial charge in [-0.15, -0.1) is 22.7 Å². The Morgan fingerprint density at radius 1 is 1.19 bits per heavy atom. The van der Waals surface area contributed by atoms with E-state index in [2.05, 4.69) is 12.1 Å². The van der Waals surface area contributed by atoms with Crippen LogP contribution >= 0.6 is 30.6 Å². The molecule has 3 rings (SSSR count). The lowest BCUT2D eigenvalue weighted by Gasteiger charge is -2.10. The third kappa shape index (κ3) is 2.75. The van der Waals surface area contributed by atoms with Crippen LogP contribution < -0.4 is 0 Å². The maximum absolute atomic E-state index is 12.3. The van der Waals surface area contributed by atoms with Crippen molar-refractivity contribution in [3.63, 3.8) is 0 Å². The summed E-state index contributed by atoms with van der Waals surface area (Å²) in [4.78, 5) is 23.0. The van der Waals surface area contributed by atoms with Gasteiger partial charge in [0.1, 0.15) is 0 Å². The van der Waals surface area contributed by atoms with Crippen molar-refractivity contribution in [2.75, 3.05) is 20.4 Å². The molecule has 0 aliphatic rings. The molecule has 0 aliphatic heterocycles. The third-order valence-corrected chi connectivity index (χ3v) is 7.17. The molecule has 0 fully saturated rings. The minimum Gasteiger partial charge on any atom is -0.289 e. The molecule has 3 aromatic rings. The molecule has 7 heteroatoms. The number of ketones is 1. The first kappa shape index (κ1) is 15.0. The van der Waals surface area contributed by atoms with Gasteiger partial charge in [-0.1, -0.05) is 0 Å². The van der Waals surface area contributed by atoms with E-state index in [-0.39, 0.29) is 11.9 Å². The number of Topliss-reactive ketones (excluding diaryl/α,β-unsaturated/α-hetero) is 1. The Morgan fingerprint density at radius 2 is 1.90 bits per heavy atom. The van der Waals surface area contributed by atoms with E-state index in [1.807, 2.05) is 17.5 Å². The minimum atomic E-state index is -3.07. The molecule has 1 N–H and O–H groups in total. The lowest BCUT2D eigenvalue weighted by Crippen LogP contribution is -2.11. The summed E-state index contributed by atoms with van der Waals surface area (Å²) in [5, 5.41) is 4.29. The summed E-state index contributed by atoms with van der Waals surface area (Å²) in [6, 6.07) is 8.06. The average Bonchev–Trinajstić information content (AvgIpc) is 3.12. The fourth-order valence-corrected chi connectivity index (χ4v) is 5.03. The van der Waals surface area contributed by atoms with Gasteiger partial charge in [0.15, 0.2) is 0 Å². The van der Waals surface area contributed by atoms with E-state index < -0.39 is 7.94 Å². The van der Waals surface area contributed by atoms with Crippen molar-refractivity contribution in [3.8, 4) is 0 Å². The van der Waals surface area contributed by atoms with Crippen LogP contribution in [0.1, 0.15) is 9.67 Å². The summed E-state index contributed by atoms with van der Waals surface area (Å²) in [5.74, 6) is -0.154. The van der Waals surface area contributed by atoms with E-state index in [1.54, 1.807) is 11.3 Å². The molecule has 0 atom stereocenters. The SMILES string of the molecule is CO[P+](O)(CC(=O)c1cc2c(ccc3sccc32)s1)OC. The van der Waals surface area contributed by atoms with Gasteiger partial charge in [0.2, 0.25) is 11.9 Å². The Bertz CT molecular complexity index is 804. The molecule has 1 aromatic carbocycles. The smallest absolute Gasteiger partial charge is 0.289 e. The third-order valence-electron chi connectivity index (χ3n) is 3.32. The Labute approximate surface area is 130 Å². The highest BCUT2D eigenvalue weighted by Crippen LogP contribution is 2.55. The molecule has 0 aliphatic carbocycles. The Hall–Kier alpha value is -0.880. The van der Waals surface area contributed by atoms with Crippen LogP contribution in [0, 0.1) is 0 Å². The van der Waals surface area contributed by atoms with E-state index in [4.69, 9.17) is 9.05 Å². The van der Waals surface area contributed by atoms with Crippen LogP contribution in [-0.2, 0) is 9.05 Å². The number of rotatable bonds is 5. The zero-order chi connectivity index (χ0) is 15.0. The lowest BCUT2D eigenvalue weighted by molar-refractivity contribution is 0.101. The molecule has 2 aromatic heterocycles. The van der Waals surface area contributed by atoms with E-state index >= 15 is 0 Å². The summed E-state index contributed by atoms with van der Waals surface area (Å²) in [7, 11) is -0.370. The topological polar surface area (TPSA) is 55.8 Å². The van der Waals surface area contributed by atoms with Crippen molar-refractivity contribution < 1.29 is 18.7 Å².